The van der Waals surface area contributed by atoms with Gasteiger partial charge in [-0.1, -0.05) is 12.1 Å². The molecule has 3 rings (SSSR count). The van der Waals surface area contributed by atoms with E-state index in [-0.39, 0.29) is 17.1 Å². The van der Waals surface area contributed by atoms with Crippen molar-refractivity contribution in [1.82, 2.24) is 0 Å². The molecule has 20 heavy (non-hydrogen) atoms. The summed E-state index contributed by atoms with van der Waals surface area (Å²) in [6, 6.07) is 8.77. The monoisotopic (exact) mass is 273 g/mol. The Bertz CT molecular complexity index is 700. The Hall–Kier alpha value is -2.56. The number of anilines is 1. The fourth-order valence-electron chi connectivity index (χ4n) is 2.45. The standard InChI is InChI=1S/C15H12FNO3/c16-11-4-2-5-12-9(11)7-8-17(12)15(20)10-3-1-6-13(18)14(10)19/h1-6,18-19H,7-8H2. The van der Waals surface area contributed by atoms with Gasteiger partial charge < -0.3 is 15.1 Å². The number of rotatable bonds is 1. The van der Waals surface area contributed by atoms with Crippen molar-refractivity contribution in [1.29, 1.82) is 0 Å². The fourth-order valence-corrected chi connectivity index (χ4v) is 2.45. The van der Waals surface area contributed by atoms with Crippen LogP contribution in [0.1, 0.15) is 15.9 Å². The van der Waals surface area contributed by atoms with Crippen LogP contribution in [0, 0.1) is 5.82 Å². The zero-order valence-corrected chi connectivity index (χ0v) is 10.5. The summed E-state index contributed by atoms with van der Waals surface area (Å²) in [5, 5.41) is 19.2. The van der Waals surface area contributed by atoms with Crippen molar-refractivity contribution in [3.63, 3.8) is 0 Å². The molecule has 0 unspecified atom stereocenters. The number of phenolic OH excluding ortho intramolecular Hbond substituents is 2. The molecule has 0 saturated carbocycles. The SMILES string of the molecule is O=C(c1cccc(O)c1O)N1CCc2c(F)cccc21. The zero-order chi connectivity index (χ0) is 14.3. The average molecular weight is 273 g/mol. The van der Waals surface area contributed by atoms with Gasteiger partial charge in [0.05, 0.1) is 11.3 Å². The predicted molar refractivity (Wildman–Crippen MR) is 71.6 cm³/mol. The summed E-state index contributed by atoms with van der Waals surface area (Å²) >= 11 is 0. The van der Waals surface area contributed by atoms with Crippen LogP contribution < -0.4 is 4.90 Å². The smallest absolute Gasteiger partial charge is 0.262 e. The van der Waals surface area contributed by atoms with E-state index in [2.05, 4.69) is 0 Å². The lowest BCUT2D eigenvalue weighted by atomic mass is 10.1. The van der Waals surface area contributed by atoms with E-state index in [1.807, 2.05) is 0 Å². The number of fused-ring (bicyclic) bond motifs is 1. The number of nitrogens with zero attached hydrogens (tertiary/aromatic N) is 1. The van der Waals surface area contributed by atoms with Crippen LogP contribution in [-0.4, -0.2) is 22.7 Å². The van der Waals surface area contributed by atoms with E-state index >= 15 is 0 Å². The highest BCUT2D eigenvalue weighted by Crippen LogP contribution is 2.34. The molecule has 0 saturated heterocycles. The topological polar surface area (TPSA) is 60.8 Å². The molecule has 0 aromatic heterocycles. The quantitative estimate of drug-likeness (QED) is 0.784. The lowest BCUT2D eigenvalue weighted by Gasteiger charge is -2.18. The van der Waals surface area contributed by atoms with E-state index in [0.717, 1.165) is 0 Å². The Morgan fingerprint density at radius 3 is 2.70 bits per heavy atom. The van der Waals surface area contributed by atoms with Crippen molar-refractivity contribution in [2.75, 3.05) is 11.4 Å². The molecule has 1 aliphatic heterocycles. The van der Waals surface area contributed by atoms with Gasteiger partial charge in [-0.3, -0.25) is 4.79 Å². The molecule has 1 amide bonds. The number of carbonyl (C=O) groups is 1. The van der Waals surface area contributed by atoms with Gasteiger partial charge in [-0.2, -0.15) is 0 Å². The third-order valence-corrected chi connectivity index (χ3v) is 3.46. The molecule has 0 aliphatic carbocycles. The van der Waals surface area contributed by atoms with Crippen LogP contribution in [0.5, 0.6) is 11.5 Å². The van der Waals surface area contributed by atoms with Crippen molar-refractivity contribution >= 4 is 11.6 Å². The first-order valence-corrected chi connectivity index (χ1v) is 6.20. The van der Waals surface area contributed by atoms with E-state index in [9.17, 15) is 19.4 Å². The van der Waals surface area contributed by atoms with Gasteiger partial charge in [-0.25, -0.2) is 4.39 Å². The first-order valence-electron chi connectivity index (χ1n) is 6.20. The molecule has 4 nitrogen and oxygen atoms in total. The Labute approximate surface area is 114 Å². The van der Waals surface area contributed by atoms with Crippen molar-refractivity contribution in [2.45, 2.75) is 6.42 Å². The molecule has 102 valence electrons. The van der Waals surface area contributed by atoms with Gasteiger partial charge in [0.1, 0.15) is 5.82 Å². The lowest BCUT2D eigenvalue weighted by molar-refractivity contribution is 0.0986. The van der Waals surface area contributed by atoms with Crippen molar-refractivity contribution in [3.8, 4) is 11.5 Å². The van der Waals surface area contributed by atoms with Crippen LogP contribution in [0.15, 0.2) is 36.4 Å². The Kier molecular flexibility index (Phi) is 2.82. The van der Waals surface area contributed by atoms with E-state index in [1.54, 1.807) is 12.1 Å². The molecule has 2 N–H and O–H groups in total. The molecule has 0 radical (unpaired) electrons. The summed E-state index contributed by atoms with van der Waals surface area (Å²) < 4.78 is 13.6. The summed E-state index contributed by atoms with van der Waals surface area (Å²) in [6.07, 6.45) is 0.438. The third kappa shape index (κ3) is 1.79. The van der Waals surface area contributed by atoms with Gasteiger partial charge in [0.15, 0.2) is 11.5 Å². The maximum Gasteiger partial charge on any atom is 0.262 e. The molecule has 0 atom stereocenters. The van der Waals surface area contributed by atoms with Crippen LogP contribution in [0.25, 0.3) is 0 Å². The summed E-state index contributed by atoms with van der Waals surface area (Å²) in [6.45, 7) is 0.351. The molecule has 2 aromatic carbocycles. The van der Waals surface area contributed by atoms with Crippen molar-refractivity contribution < 1.29 is 19.4 Å². The maximum atomic E-state index is 13.6. The highest BCUT2D eigenvalue weighted by atomic mass is 19.1. The van der Waals surface area contributed by atoms with Crippen LogP contribution in [0.3, 0.4) is 0 Å². The van der Waals surface area contributed by atoms with Gasteiger partial charge in [0, 0.05) is 12.1 Å². The maximum absolute atomic E-state index is 13.6. The number of aromatic hydroxyl groups is 2. The predicted octanol–water partition coefficient (Wildman–Crippen LogP) is 2.44. The lowest BCUT2D eigenvalue weighted by Crippen LogP contribution is -2.28. The molecular weight excluding hydrogens is 261 g/mol. The fraction of sp³-hybridized carbons (Fsp3) is 0.133. The van der Waals surface area contributed by atoms with E-state index in [0.29, 0.717) is 24.2 Å². The molecular formula is C15H12FNO3. The number of amides is 1. The summed E-state index contributed by atoms with van der Waals surface area (Å²) in [5.41, 5.74) is 1.01. The van der Waals surface area contributed by atoms with Gasteiger partial charge in [0.2, 0.25) is 0 Å². The number of phenols is 2. The number of carbonyl (C=O) groups excluding carboxylic acids is 1. The zero-order valence-electron chi connectivity index (χ0n) is 10.5. The Balaban J connectivity index is 2.02. The second kappa shape index (κ2) is 4.52. The molecule has 5 heteroatoms. The molecule has 1 heterocycles. The number of halogens is 1. The second-order valence-electron chi connectivity index (χ2n) is 4.62. The van der Waals surface area contributed by atoms with E-state index < -0.39 is 11.7 Å². The largest absolute Gasteiger partial charge is 0.504 e. The molecule has 0 fully saturated rings. The average Bonchev–Trinajstić information content (AvgIpc) is 2.86. The second-order valence-corrected chi connectivity index (χ2v) is 4.62. The number of benzene rings is 2. The number of hydrogen-bond acceptors (Lipinski definition) is 3. The van der Waals surface area contributed by atoms with Gasteiger partial charge in [0.25, 0.3) is 5.91 Å². The van der Waals surface area contributed by atoms with Crippen LogP contribution in [0.4, 0.5) is 10.1 Å². The van der Waals surface area contributed by atoms with E-state index in [4.69, 9.17) is 0 Å². The normalized spacial score (nSPS) is 13.3. The highest BCUT2D eigenvalue weighted by molar-refractivity contribution is 6.09. The van der Waals surface area contributed by atoms with Crippen molar-refractivity contribution in [2.24, 2.45) is 0 Å². The Morgan fingerprint density at radius 2 is 1.90 bits per heavy atom. The van der Waals surface area contributed by atoms with Crippen LogP contribution >= 0.6 is 0 Å². The molecule has 2 aromatic rings. The van der Waals surface area contributed by atoms with Gasteiger partial charge >= 0.3 is 0 Å². The molecule has 0 bridgehead atoms. The molecule has 0 spiro atoms. The minimum atomic E-state index is -0.456. The first kappa shape index (κ1) is 12.5. The minimum absolute atomic E-state index is 0.00195. The highest BCUT2D eigenvalue weighted by Gasteiger charge is 2.29. The summed E-state index contributed by atoms with van der Waals surface area (Å²) in [5.74, 6) is -1.60. The van der Waals surface area contributed by atoms with Gasteiger partial charge in [-0.15, -0.1) is 0 Å². The summed E-state index contributed by atoms with van der Waals surface area (Å²) in [7, 11) is 0. The minimum Gasteiger partial charge on any atom is -0.504 e. The number of para-hydroxylation sites is 1. The third-order valence-electron chi connectivity index (χ3n) is 3.46. The van der Waals surface area contributed by atoms with Crippen LogP contribution in [-0.2, 0) is 6.42 Å². The van der Waals surface area contributed by atoms with Crippen LogP contribution in [0.2, 0.25) is 0 Å². The van der Waals surface area contributed by atoms with Crippen molar-refractivity contribution in [3.05, 3.63) is 53.3 Å². The first-order chi connectivity index (χ1) is 9.59. The van der Waals surface area contributed by atoms with E-state index in [1.165, 1.54) is 29.2 Å². The molecule has 1 aliphatic rings. The van der Waals surface area contributed by atoms with Gasteiger partial charge in [-0.05, 0) is 30.7 Å². The summed E-state index contributed by atoms with van der Waals surface area (Å²) in [4.78, 5) is 13.8. The Morgan fingerprint density at radius 1 is 1.15 bits per heavy atom. The number of hydrogen-bond donors (Lipinski definition) is 2.